The smallest absolute Gasteiger partial charge is 0.223 e. The molecule has 2 aromatic heterocycles. The standard InChI is InChI=1S/C15H21N5S/c1-2-11-9-12-13(17-15(16)18-14(12)21-11)20-7-5-19(6-8-20)10-3-4-10/h9-10H,2-8H2,1H3,(H2,16,17,18). The molecule has 1 saturated heterocycles. The van der Waals surface area contributed by atoms with Gasteiger partial charge in [0.1, 0.15) is 10.6 Å². The number of piperazine rings is 1. The van der Waals surface area contributed by atoms with Crippen molar-refractivity contribution in [2.24, 2.45) is 0 Å². The molecule has 112 valence electrons. The fraction of sp³-hybridized carbons (Fsp3) is 0.600. The van der Waals surface area contributed by atoms with Crippen LogP contribution < -0.4 is 10.6 Å². The number of aromatic nitrogens is 2. The molecule has 0 unspecified atom stereocenters. The average molecular weight is 303 g/mol. The minimum atomic E-state index is 0.395. The predicted octanol–water partition coefficient (Wildman–Crippen LogP) is 2.12. The molecule has 4 rings (SSSR count). The highest BCUT2D eigenvalue weighted by Crippen LogP contribution is 2.33. The van der Waals surface area contributed by atoms with Crippen molar-refractivity contribution in [1.82, 2.24) is 14.9 Å². The molecule has 2 N–H and O–H groups in total. The molecule has 2 aliphatic rings. The first kappa shape index (κ1) is 13.3. The summed E-state index contributed by atoms with van der Waals surface area (Å²) in [6.07, 6.45) is 3.81. The van der Waals surface area contributed by atoms with E-state index in [-0.39, 0.29) is 0 Å². The van der Waals surface area contributed by atoms with Crippen molar-refractivity contribution in [3.63, 3.8) is 0 Å². The van der Waals surface area contributed by atoms with Crippen LogP contribution in [0, 0.1) is 0 Å². The Bertz CT molecular complexity index is 655. The molecule has 2 aromatic rings. The minimum absolute atomic E-state index is 0.395. The maximum Gasteiger partial charge on any atom is 0.223 e. The predicted molar refractivity (Wildman–Crippen MR) is 88.0 cm³/mol. The van der Waals surface area contributed by atoms with E-state index in [1.807, 2.05) is 0 Å². The number of fused-ring (bicyclic) bond motifs is 1. The van der Waals surface area contributed by atoms with Crippen molar-refractivity contribution in [2.45, 2.75) is 32.2 Å². The Kier molecular flexibility index (Phi) is 3.23. The molecule has 21 heavy (non-hydrogen) atoms. The Morgan fingerprint density at radius 3 is 2.67 bits per heavy atom. The summed E-state index contributed by atoms with van der Waals surface area (Å²) in [6.45, 7) is 6.54. The van der Waals surface area contributed by atoms with E-state index >= 15 is 0 Å². The molecule has 0 aromatic carbocycles. The molecular formula is C15H21N5S. The molecule has 3 heterocycles. The van der Waals surface area contributed by atoms with Crippen LogP contribution in [-0.4, -0.2) is 47.1 Å². The Morgan fingerprint density at radius 1 is 1.24 bits per heavy atom. The second-order valence-corrected chi connectivity index (χ2v) is 7.06. The van der Waals surface area contributed by atoms with Gasteiger partial charge in [-0.25, -0.2) is 4.98 Å². The third kappa shape index (κ3) is 2.46. The van der Waals surface area contributed by atoms with E-state index in [4.69, 9.17) is 5.73 Å². The third-order valence-corrected chi connectivity index (χ3v) is 5.64. The zero-order valence-corrected chi connectivity index (χ0v) is 13.2. The quantitative estimate of drug-likeness (QED) is 0.941. The van der Waals surface area contributed by atoms with Crippen molar-refractivity contribution >= 4 is 33.3 Å². The fourth-order valence-corrected chi connectivity index (χ4v) is 4.09. The van der Waals surface area contributed by atoms with E-state index in [9.17, 15) is 0 Å². The van der Waals surface area contributed by atoms with E-state index in [0.29, 0.717) is 5.95 Å². The maximum absolute atomic E-state index is 5.91. The number of nitrogens with zero attached hydrogens (tertiary/aromatic N) is 4. The van der Waals surface area contributed by atoms with Crippen LogP contribution in [0.25, 0.3) is 10.2 Å². The van der Waals surface area contributed by atoms with Gasteiger partial charge in [0.2, 0.25) is 5.95 Å². The maximum atomic E-state index is 5.91. The SMILES string of the molecule is CCc1cc2c(N3CCN(C4CC4)CC3)nc(N)nc2s1. The normalized spacial score (nSPS) is 20.3. The lowest BCUT2D eigenvalue weighted by atomic mass is 10.2. The van der Waals surface area contributed by atoms with Crippen LogP contribution in [0.4, 0.5) is 11.8 Å². The molecule has 0 spiro atoms. The van der Waals surface area contributed by atoms with Crippen LogP contribution in [0.1, 0.15) is 24.6 Å². The Hall–Kier alpha value is -1.40. The lowest BCUT2D eigenvalue weighted by Gasteiger charge is -2.35. The molecule has 2 fully saturated rings. The van der Waals surface area contributed by atoms with Gasteiger partial charge in [-0.3, -0.25) is 4.90 Å². The molecule has 0 radical (unpaired) electrons. The zero-order valence-electron chi connectivity index (χ0n) is 12.4. The van der Waals surface area contributed by atoms with Gasteiger partial charge in [0.05, 0.1) is 5.39 Å². The number of thiophene rings is 1. The molecule has 5 nitrogen and oxygen atoms in total. The van der Waals surface area contributed by atoms with Gasteiger partial charge in [-0.1, -0.05) is 6.92 Å². The number of aryl methyl sites for hydroxylation is 1. The average Bonchev–Trinajstić information content (AvgIpc) is 3.26. The summed E-state index contributed by atoms with van der Waals surface area (Å²) < 4.78 is 0. The van der Waals surface area contributed by atoms with Gasteiger partial charge >= 0.3 is 0 Å². The molecule has 0 atom stereocenters. The monoisotopic (exact) mass is 303 g/mol. The topological polar surface area (TPSA) is 58.3 Å². The van der Waals surface area contributed by atoms with E-state index in [0.717, 1.165) is 49.3 Å². The van der Waals surface area contributed by atoms with Gasteiger partial charge in [0.15, 0.2) is 0 Å². The molecule has 1 aliphatic heterocycles. The molecule has 1 saturated carbocycles. The number of nitrogen functional groups attached to an aromatic ring is 1. The first-order valence-electron chi connectivity index (χ1n) is 7.79. The van der Waals surface area contributed by atoms with Gasteiger partial charge < -0.3 is 10.6 Å². The summed E-state index contributed by atoms with van der Waals surface area (Å²) in [5.74, 6) is 1.43. The van der Waals surface area contributed by atoms with Gasteiger partial charge in [-0.15, -0.1) is 11.3 Å². The lowest BCUT2D eigenvalue weighted by Crippen LogP contribution is -2.47. The van der Waals surface area contributed by atoms with Crippen LogP contribution in [0.5, 0.6) is 0 Å². The summed E-state index contributed by atoms with van der Waals surface area (Å²) in [6, 6.07) is 3.10. The lowest BCUT2D eigenvalue weighted by molar-refractivity contribution is 0.248. The van der Waals surface area contributed by atoms with Crippen LogP contribution >= 0.6 is 11.3 Å². The Balaban J connectivity index is 1.64. The second-order valence-electron chi connectivity index (χ2n) is 5.94. The van der Waals surface area contributed by atoms with E-state index < -0.39 is 0 Å². The highest BCUT2D eigenvalue weighted by atomic mass is 32.1. The third-order valence-electron chi connectivity index (χ3n) is 4.47. The number of hydrogen-bond donors (Lipinski definition) is 1. The van der Waals surface area contributed by atoms with Gasteiger partial charge in [-0.05, 0) is 25.3 Å². The highest BCUT2D eigenvalue weighted by Gasteiger charge is 2.32. The molecule has 0 bridgehead atoms. The minimum Gasteiger partial charge on any atom is -0.368 e. The molecule has 0 amide bonds. The molecule has 1 aliphatic carbocycles. The summed E-state index contributed by atoms with van der Waals surface area (Å²) in [4.78, 5) is 16.3. The van der Waals surface area contributed by atoms with Gasteiger partial charge in [-0.2, -0.15) is 4.98 Å². The van der Waals surface area contributed by atoms with Crippen LogP contribution in [0.2, 0.25) is 0 Å². The summed E-state index contributed by atoms with van der Waals surface area (Å²) in [5.41, 5.74) is 5.91. The number of rotatable bonds is 3. The van der Waals surface area contributed by atoms with E-state index in [1.165, 1.54) is 23.1 Å². The van der Waals surface area contributed by atoms with Crippen molar-refractivity contribution in [1.29, 1.82) is 0 Å². The fourth-order valence-electron chi connectivity index (χ4n) is 3.13. The number of hydrogen-bond acceptors (Lipinski definition) is 6. The second kappa shape index (κ2) is 5.10. The highest BCUT2D eigenvalue weighted by molar-refractivity contribution is 7.18. The first-order chi connectivity index (χ1) is 10.2. The van der Waals surface area contributed by atoms with Crippen molar-refractivity contribution in [2.75, 3.05) is 36.8 Å². The Labute approximate surface area is 128 Å². The van der Waals surface area contributed by atoms with Gasteiger partial charge in [0, 0.05) is 37.1 Å². The van der Waals surface area contributed by atoms with E-state index in [2.05, 4.69) is 32.8 Å². The van der Waals surface area contributed by atoms with Crippen molar-refractivity contribution in [3.8, 4) is 0 Å². The van der Waals surface area contributed by atoms with Crippen LogP contribution in [0.15, 0.2) is 6.07 Å². The zero-order chi connectivity index (χ0) is 14.4. The number of nitrogens with two attached hydrogens (primary N) is 1. The first-order valence-corrected chi connectivity index (χ1v) is 8.61. The van der Waals surface area contributed by atoms with Crippen LogP contribution in [-0.2, 0) is 6.42 Å². The summed E-state index contributed by atoms with van der Waals surface area (Å²) in [7, 11) is 0. The summed E-state index contributed by atoms with van der Waals surface area (Å²) >= 11 is 1.74. The Morgan fingerprint density at radius 2 is 2.00 bits per heavy atom. The summed E-state index contributed by atoms with van der Waals surface area (Å²) in [5, 5.41) is 1.17. The molecule has 6 heteroatoms. The number of anilines is 2. The van der Waals surface area contributed by atoms with Crippen LogP contribution in [0.3, 0.4) is 0 Å². The van der Waals surface area contributed by atoms with Crippen molar-refractivity contribution < 1.29 is 0 Å². The van der Waals surface area contributed by atoms with Crippen molar-refractivity contribution in [3.05, 3.63) is 10.9 Å². The van der Waals surface area contributed by atoms with Gasteiger partial charge in [0.25, 0.3) is 0 Å². The molecular weight excluding hydrogens is 282 g/mol. The largest absolute Gasteiger partial charge is 0.368 e. The van der Waals surface area contributed by atoms with E-state index in [1.54, 1.807) is 11.3 Å².